The van der Waals surface area contributed by atoms with Crippen LogP contribution in [-0.2, 0) is 6.54 Å². The molecule has 1 aromatic rings. The molecule has 7 nitrogen and oxygen atoms in total. The van der Waals surface area contributed by atoms with Crippen LogP contribution >= 0.6 is 24.0 Å². The van der Waals surface area contributed by atoms with Gasteiger partial charge in [0.1, 0.15) is 11.5 Å². The lowest BCUT2D eigenvalue weighted by Gasteiger charge is -2.37. The molecule has 2 fully saturated rings. The van der Waals surface area contributed by atoms with E-state index in [1.54, 1.807) is 14.2 Å². The number of guanidine groups is 1. The van der Waals surface area contributed by atoms with E-state index in [2.05, 4.69) is 38.0 Å². The van der Waals surface area contributed by atoms with Gasteiger partial charge in [-0.2, -0.15) is 0 Å². The van der Waals surface area contributed by atoms with Gasteiger partial charge in [-0.3, -0.25) is 14.8 Å². The first kappa shape index (κ1) is 25.0. The van der Waals surface area contributed by atoms with Crippen molar-refractivity contribution in [2.75, 3.05) is 67.1 Å². The summed E-state index contributed by atoms with van der Waals surface area (Å²) in [5.74, 6) is 2.81. The number of benzene rings is 1. The molecule has 1 aliphatic carbocycles. The lowest BCUT2D eigenvalue weighted by molar-refractivity contribution is 0.170. The van der Waals surface area contributed by atoms with E-state index in [-0.39, 0.29) is 24.0 Å². The predicted molar refractivity (Wildman–Crippen MR) is 133 cm³/mol. The minimum Gasteiger partial charge on any atom is -0.497 e. The van der Waals surface area contributed by atoms with Gasteiger partial charge in [0.05, 0.1) is 14.2 Å². The van der Waals surface area contributed by atoms with Gasteiger partial charge in [-0.1, -0.05) is 6.92 Å². The van der Waals surface area contributed by atoms with Crippen LogP contribution in [0, 0.1) is 0 Å². The quantitative estimate of drug-likeness (QED) is 0.301. The molecule has 1 heterocycles. The van der Waals surface area contributed by atoms with Crippen molar-refractivity contribution in [3.63, 3.8) is 0 Å². The Balaban J connectivity index is 0.00000320. The maximum Gasteiger partial charge on any atom is 0.193 e. The third kappa shape index (κ3) is 6.88. The maximum atomic E-state index is 5.53. The molecule has 0 atom stereocenters. The zero-order valence-corrected chi connectivity index (χ0v) is 21.2. The largest absolute Gasteiger partial charge is 0.497 e. The highest BCUT2D eigenvalue weighted by atomic mass is 127. The lowest BCUT2D eigenvalue weighted by Crippen LogP contribution is -2.53. The monoisotopic (exact) mass is 531 g/mol. The second-order valence-electron chi connectivity index (χ2n) is 7.77. The van der Waals surface area contributed by atoms with Crippen molar-refractivity contribution in [3.8, 4) is 11.5 Å². The molecule has 30 heavy (non-hydrogen) atoms. The minimum absolute atomic E-state index is 0. The molecule has 1 saturated heterocycles. The van der Waals surface area contributed by atoms with Crippen LogP contribution in [0.1, 0.15) is 25.3 Å². The van der Waals surface area contributed by atoms with Crippen molar-refractivity contribution in [2.45, 2.75) is 32.4 Å². The van der Waals surface area contributed by atoms with Crippen molar-refractivity contribution < 1.29 is 9.47 Å². The van der Waals surface area contributed by atoms with Crippen LogP contribution < -0.4 is 14.8 Å². The molecule has 1 aliphatic heterocycles. The summed E-state index contributed by atoms with van der Waals surface area (Å²) in [5.41, 5.74) is 1.17. The van der Waals surface area contributed by atoms with Gasteiger partial charge in [-0.25, -0.2) is 0 Å². The smallest absolute Gasteiger partial charge is 0.193 e. The molecule has 2 aliphatic rings. The fraction of sp³-hybridized carbons (Fsp3) is 0.682. The second kappa shape index (κ2) is 12.6. The average Bonchev–Trinajstić information content (AvgIpc) is 3.60. The molecule has 0 radical (unpaired) electrons. The zero-order valence-electron chi connectivity index (χ0n) is 18.9. The average molecular weight is 531 g/mol. The van der Waals surface area contributed by atoms with E-state index >= 15 is 0 Å². The van der Waals surface area contributed by atoms with Crippen molar-refractivity contribution in [2.24, 2.45) is 4.99 Å². The van der Waals surface area contributed by atoms with E-state index in [4.69, 9.17) is 9.47 Å². The molecule has 170 valence electrons. The summed E-state index contributed by atoms with van der Waals surface area (Å²) in [5, 5.41) is 3.56. The molecule has 0 amide bonds. The summed E-state index contributed by atoms with van der Waals surface area (Å²) in [6, 6.07) is 6.82. The van der Waals surface area contributed by atoms with Gasteiger partial charge in [-0.15, -0.1) is 24.0 Å². The van der Waals surface area contributed by atoms with E-state index in [1.165, 1.54) is 18.4 Å². The molecule has 8 heteroatoms. The van der Waals surface area contributed by atoms with Gasteiger partial charge >= 0.3 is 0 Å². The molecule has 1 saturated carbocycles. The number of hydrogen-bond acceptors (Lipinski definition) is 5. The molecular formula is C22H38IN5O2. The Kier molecular flexibility index (Phi) is 10.5. The Morgan fingerprint density at radius 3 is 2.47 bits per heavy atom. The lowest BCUT2D eigenvalue weighted by atomic mass is 10.1. The van der Waals surface area contributed by atoms with Crippen molar-refractivity contribution >= 4 is 29.9 Å². The van der Waals surface area contributed by atoms with E-state index in [0.29, 0.717) is 0 Å². The predicted octanol–water partition coefficient (Wildman–Crippen LogP) is 2.50. The van der Waals surface area contributed by atoms with Crippen molar-refractivity contribution in [3.05, 3.63) is 23.8 Å². The second-order valence-corrected chi connectivity index (χ2v) is 7.77. The first-order valence-electron chi connectivity index (χ1n) is 10.8. The van der Waals surface area contributed by atoms with Gasteiger partial charge in [0.15, 0.2) is 5.96 Å². The number of rotatable bonds is 9. The topological polar surface area (TPSA) is 52.6 Å². The van der Waals surface area contributed by atoms with E-state index in [1.807, 2.05) is 19.2 Å². The Labute approximate surface area is 198 Å². The number of aliphatic imine (C=N–C) groups is 1. The number of piperazine rings is 1. The number of nitrogens with one attached hydrogen (secondary N) is 1. The Morgan fingerprint density at radius 2 is 1.90 bits per heavy atom. The third-order valence-electron chi connectivity index (χ3n) is 5.92. The Morgan fingerprint density at radius 1 is 1.17 bits per heavy atom. The normalized spacial score (nSPS) is 17.6. The van der Waals surface area contributed by atoms with Crippen LogP contribution in [0.2, 0.25) is 0 Å². The molecule has 0 bridgehead atoms. The number of ether oxygens (including phenoxy) is 2. The van der Waals surface area contributed by atoms with Gasteiger partial charge in [0.25, 0.3) is 0 Å². The van der Waals surface area contributed by atoms with Crippen LogP contribution in [0.15, 0.2) is 23.2 Å². The summed E-state index contributed by atoms with van der Waals surface area (Å²) in [6.07, 6.45) is 2.73. The highest BCUT2D eigenvalue weighted by Gasteiger charge is 2.27. The fourth-order valence-electron chi connectivity index (χ4n) is 4.05. The van der Waals surface area contributed by atoms with Crippen LogP contribution in [0.25, 0.3) is 0 Å². The molecule has 1 aromatic carbocycles. The standard InChI is InChI=1S/C22H37N5O2.HI/c1-5-26(19-6-7-19)11-10-24-22(23-2)27-14-12-25(13-15-27)17-18-16-20(28-3)8-9-21(18)29-4;/h8-9,16,19H,5-7,10-15,17H2,1-4H3,(H,23,24);1H. The Bertz CT molecular complexity index is 675. The van der Waals surface area contributed by atoms with E-state index in [9.17, 15) is 0 Å². The number of halogens is 1. The van der Waals surface area contributed by atoms with Gasteiger partial charge in [0, 0.05) is 64.5 Å². The molecule has 0 aromatic heterocycles. The maximum absolute atomic E-state index is 5.53. The van der Waals surface area contributed by atoms with Crippen LogP contribution in [0.4, 0.5) is 0 Å². The molecule has 0 spiro atoms. The van der Waals surface area contributed by atoms with Crippen LogP contribution in [0.5, 0.6) is 11.5 Å². The molecular weight excluding hydrogens is 493 g/mol. The molecule has 1 N–H and O–H groups in total. The Hall–Kier alpha value is -1.26. The number of methoxy groups -OCH3 is 2. The summed E-state index contributed by atoms with van der Waals surface area (Å²) >= 11 is 0. The molecule has 0 unspecified atom stereocenters. The first-order chi connectivity index (χ1) is 14.2. The summed E-state index contributed by atoms with van der Waals surface area (Å²) < 4.78 is 10.9. The summed E-state index contributed by atoms with van der Waals surface area (Å²) in [4.78, 5) is 11.9. The van der Waals surface area contributed by atoms with Gasteiger partial charge < -0.3 is 19.7 Å². The number of nitrogens with zero attached hydrogens (tertiary/aromatic N) is 4. The molecule has 3 rings (SSSR count). The van der Waals surface area contributed by atoms with Crippen molar-refractivity contribution in [1.29, 1.82) is 0 Å². The first-order valence-corrected chi connectivity index (χ1v) is 10.8. The van der Waals surface area contributed by atoms with Crippen LogP contribution in [-0.4, -0.2) is 93.8 Å². The highest BCUT2D eigenvalue weighted by molar-refractivity contribution is 14.0. The van der Waals surface area contributed by atoms with Gasteiger partial charge in [-0.05, 0) is 37.6 Å². The van der Waals surface area contributed by atoms with Crippen molar-refractivity contribution in [1.82, 2.24) is 20.0 Å². The third-order valence-corrected chi connectivity index (χ3v) is 5.92. The van der Waals surface area contributed by atoms with Gasteiger partial charge in [0.2, 0.25) is 0 Å². The fourth-order valence-corrected chi connectivity index (χ4v) is 4.05. The van der Waals surface area contributed by atoms with E-state index < -0.39 is 0 Å². The number of likely N-dealkylation sites (N-methyl/N-ethyl adjacent to an activating group) is 1. The van der Waals surface area contributed by atoms with E-state index in [0.717, 1.165) is 75.9 Å². The minimum atomic E-state index is 0. The number of hydrogen-bond donors (Lipinski definition) is 1. The van der Waals surface area contributed by atoms with Crippen LogP contribution in [0.3, 0.4) is 0 Å². The zero-order chi connectivity index (χ0) is 20.6. The summed E-state index contributed by atoms with van der Waals surface area (Å²) in [6.45, 7) is 10.3. The highest BCUT2D eigenvalue weighted by Crippen LogP contribution is 2.26. The summed E-state index contributed by atoms with van der Waals surface area (Å²) in [7, 11) is 5.31. The SMILES string of the molecule is CCN(CCNC(=NC)N1CCN(Cc2cc(OC)ccc2OC)CC1)C1CC1.I.